The Kier molecular flexibility index (Phi) is 2.07. The molecule has 0 aromatic carbocycles. The first kappa shape index (κ1) is 8.42. The van der Waals surface area contributed by atoms with Gasteiger partial charge in [-0.05, 0) is 42.6 Å². The first-order valence-electron chi connectivity index (χ1n) is 4.55. The highest BCUT2D eigenvalue weighted by Gasteiger charge is 2.57. The van der Waals surface area contributed by atoms with Gasteiger partial charge < -0.3 is 5.11 Å². The van der Waals surface area contributed by atoms with Crippen molar-refractivity contribution in [1.82, 2.24) is 0 Å². The number of thioether (sulfide) groups is 1. The molecular weight excluding hydrogens is 172 g/mol. The first-order valence-corrected chi connectivity index (χ1v) is 5.71. The van der Waals surface area contributed by atoms with Crippen LogP contribution < -0.4 is 0 Å². The van der Waals surface area contributed by atoms with Crippen molar-refractivity contribution in [2.24, 2.45) is 11.3 Å². The quantitative estimate of drug-likeness (QED) is 0.680. The molecule has 2 fully saturated rings. The summed E-state index contributed by atoms with van der Waals surface area (Å²) in [6.45, 7) is 0. The number of carboxylic acids is 1. The monoisotopic (exact) mass is 186 g/mol. The molecule has 2 aliphatic rings. The van der Waals surface area contributed by atoms with Crippen LogP contribution in [0.3, 0.4) is 0 Å². The maximum Gasteiger partial charge on any atom is 0.307 e. The van der Waals surface area contributed by atoms with E-state index in [1.165, 1.54) is 17.9 Å². The van der Waals surface area contributed by atoms with Crippen LogP contribution in [0.15, 0.2) is 0 Å². The van der Waals surface area contributed by atoms with E-state index in [0.717, 1.165) is 19.3 Å². The third-order valence-electron chi connectivity index (χ3n) is 3.20. The molecule has 1 aliphatic carbocycles. The topological polar surface area (TPSA) is 37.3 Å². The molecule has 1 N–H and O–H groups in total. The summed E-state index contributed by atoms with van der Waals surface area (Å²) in [5, 5.41) is 8.86. The summed E-state index contributed by atoms with van der Waals surface area (Å²) in [4.78, 5) is 10.7. The Morgan fingerprint density at radius 2 is 2.25 bits per heavy atom. The first-order chi connectivity index (χ1) is 5.75. The minimum absolute atomic E-state index is 0.00352. The van der Waals surface area contributed by atoms with Crippen LogP contribution in [-0.4, -0.2) is 22.6 Å². The van der Waals surface area contributed by atoms with Crippen molar-refractivity contribution < 1.29 is 9.90 Å². The largest absolute Gasteiger partial charge is 0.481 e. The summed E-state index contributed by atoms with van der Waals surface area (Å²) in [5.74, 6) is 1.83. The van der Waals surface area contributed by atoms with Gasteiger partial charge in [-0.15, -0.1) is 0 Å². The molecule has 2 unspecified atom stereocenters. The van der Waals surface area contributed by atoms with Crippen LogP contribution in [0.2, 0.25) is 0 Å². The highest BCUT2D eigenvalue weighted by atomic mass is 32.2. The molecule has 0 bridgehead atoms. The van der Waals surface area contributed by atoms with E-state index in [1.807, 2.05) is 11.8 Å². The van der Waals surface area contributed by atoms with Gasteiger partial charge in [0.05, 0.1) is 5.92 Å². The lowest BCUT2D eigenvalue weighted by atomic mass is 9.94. The van der Waals surface area contributed by atoms with Gasteiger partial charge in [-0.2, -0.15) is 11.8 Å². The minimum Gasteiger partial charge on any atom is -0.481 e. The maximum atomic E-state index is 10.7. The van der Waals surface area contributed by atoms with E-state index in [1.54, 1.807) is 0 Å². The van der Waals surface area contributed by atoms with Crippen molar-refractivity contribution in [3.05, 3.63) is 0 Å². The smallest absolute Gasteiger partial charge is 0.307 e. The molecule has 0 amide bonds. The van der Waals surface area contributed by atoms with Crippen LogP contribution >= 0.6 is 11.8 Å². The zero-order valence-corrected chi connectivity index (χ0v) is 7.90. The van der Waals surface area contributed by atoms with E-state index in [0.29, 0.717) is 0 Å². The number of carbonyl (C=O) groups is 1. The van der Waals surface area contributed by atoms with Crippen molar-refractivity contribution in [1.29, 1.82) is 0 Å². The highest BCUT2D eigenvalue weighted by molar-refractivity contribution is 7.99. The van der Waals surface area contributed by atoms with Gasteiger partial charge in [0, 0.05) is 0 Å². The summed E-state index contributed by atoms with van der Waals surface area (Å²) >= 11 is 1.98. The predicted octanol–water partition coefficient (Wildman–Crippen LogP) is 1.99. The third kappa shape index (κ3) is 1.35. The molecule has 12 heavy (non-hydrogen) atoms. The fourth-order valence-corrected chi connectivity index (χ4v) is 3.38. The molecule has 1 saturated carbocycles. The molecule has 3 heteroatoms. The van der Waals surface area contributed by atoms with E-state index in [9.17, 15) is 4.79 Å². The number of aliphatic carboxylic acids is 1. The second-order valence-electron chi connectivity index (χ2n) is 3.92. The summed E-state index contributed by atoms with van der Waals surface area (Å²) in [6, 6.07) is 0. The Morgan fingerprint density at radius 3 is 2.92 bits per heavy atom. The van der Waals surface area contributed by atoms with E-state index in [4.69, 9.17) is 5.11 Å². The van der Waals surface area contributed by atoms with Gasteiger partial charge in [0.25, 0.3) is 0 Å². The molecule has 1 spiro atoms. The van der Waals surface area contributed by atoms with Crippen molar-refractivity contribution in [2.45, 2.75) is 25.7 Å². The summed E-state index contributed by atoms with van der Waals surface area (Å²) < 4.78 is 0. The molecule has 2 rings (SSSR count). The van der Waals surface area contributed by atoms with E-state index in [-0.39, 0.29) is 11.3 Å². The Morgan fingerprint density at radius 1 is 1.42 bits per heavy atom. The summed E-state index contributed by atoms with van der Waals surface area (Å²) in [7, 11) is 0. The van der Waals surface area contributed by atoms with E-state index < -0.39 is 5.97 Å². The second-order valence-corrected chi connectivity index (χ2v) is 5.15. The molecular formula is C9H14O2S. The van der Waals surface area contributed by atoms with Crippen LogP contribution in [0.5, 0.6) is 0 Å². The standard InChI is InChI=1S/C9H14O2S/c10-8(11)7-6-9(7)2-1-4-12-5-3-9/h7H,1-6H2,(H,10,11). The zero-order chi connectivity index (χ0) is 8.60. The van der Waals surface area contributed by atoms with Gasteiger partial charge in [0.15, 0.2) is 0 Å². The fraction of sp³-hybridized carbons (Fsp3) is 0.889. The Balaban J connectivity index is 1.98. The van der Waals surface area contributed by atoms with Crippen LogP contribution in [0.4, 0.5) is 0 Å². The van der Waals surface area contributed by atoms with Crippen LogP contribution in [0, 0.1) is 11.3 Å². The van der Waals surface area contributed by atoms with Crippen LogP contribution in [0.25, 0.3) is 0 Å². The predicted molar refractivity (Wildman–Crippen MR) is 49.4 cm³/mol. The van der Waals surface area contributed by atoms with Crippen LogP contribution in [0.1, 0.15) is 25.7 Å². The van der Waals surface area contributed by atoms with Gasteiger partial charge in [0.1, 0.15) is 0 Å². The lowest BCUT2D eigenvalue weighted by Crippen LogP contribution is -2.10. The average molecular weight is 186 g/mol. The van der Waals surface area contributed by atoms with E-state index >= 15 is 0 Å². The number of carboxylic acid groups (broad SMARTS) is 1. The molecule has 2 nitrogen and oxygen atoms in total. The summed E-state index contributed by atoms with van der Waals surface area (Å²) in [5.41, 5.74) is 0.231. The lowest BCUT2D eigenvalue weighted by molar-refractivity contribution is -0.139. The average Bonchev–Trinajstić information content (AvgIpc) is 2.77. The highest BCUT2D eigenvalue weighted by Crippen LogP contribution is 2.59. The van der Waals surface area contributed by atoms with Crippen molar-refractivity contribution >= 4 is 17.7 Å². The molecule has 1 aliphatic heterocycles. The van der Waals surface area contributed by atoms with Gasteiger partial charge in [-0.1, -0.05) is 0 Å². The van der Waals surface area contributed by atoms with Crippen molar-refractivity contribution in [3.63, 3.8) is 0 Å². The van der Waals surface area contributed by atoms with Gasteiger partial charge >= 0.3 is 5.97 Å². The number of hydrogen-bond acceptors (Lipinski definition) is 2. The molecule has 68 valence electrons. The molecule has 1 saturated heterocycles. The maximum absolute atomic E-state index is 10.7. The molecule has 0 aromatic heterocycles. The minimum atomic E-state index is -0.568. The zero-order valence-electron chi connectivity index (χ0n) is 7.08. The van der Waals surface area contributed by atoms with E-state index in [2.05, 4.69) is 0 Å². The fourth-order valence-electron chi connectivity index (χ4n) is 2.28. The number of hydrogen-bond donors (Lipinski definition) is 1. The van der Waals surface area contributed by atoms with Gasteiger partial charge in [-0.3, -0.25) is 4.79 Å². The molecule has 2 atom stereocenters. The van der Waals surface area contributed by atoms with Gasteiger partial charge in [0.2, 0.25) is 0 Å². The Hall–Kier alpha value is -0.180. The van der Waals surface area contributed by atoms with Crippen molar-refractivity contribution in [3.8, 4) is 0 Å². The second kappa shape index (κ2) is 2.95. The lowest BCUT2D eigenvalue weighted by Gasteiger charge is -2.10. The molecule has 1 heterocycles. The normalized spacial score (nSPS) is 40.8. The SMILES string of the molecule is O=C(O)C1CC12CCCSCC2. The van der Waals surface area contributed by atoms with Gasteiger partial charge in [-0.25, -0.2) is 0 Å². The molecule has 0 aromatic rings. The van der Waals surface area contributed by atoms with Crippen molar-refractivity contribution in [2.75, 3.05) is 11.5 Å². The number of rotatable bonds is 1. The van der Waals surface area contributed by atoms with Crippen LogP contribution in [-0.2, 0) is 4.79 Å². The third-order valence-corrected chi connectivity index (χ3v) is 4.27. The summed E-state index contributed by atoms with van der Waals surface area (Å²) in [6.07, 6.45) is 4.45. The molecule has 0 radical (unpaired) electrons. The Labute approximate surface area is 76.7 Å². The Bertz CT molecular complexity index is 195.